The molecule has 0 aromatic heterocycles. The zero-order valence-corrected chi connectivity index (χ0v) is 14.5. The van der Waals surface area contributed by atoms with E-state index in [0.717, 1.165) is 35.2 Å². The van der Waals surface area contributed by atoms with Crippen LogP contribution in [-0.4, -0.2) is 17.4 Å². The van der Waals surface area contributed by atoms with Crippen molar-refractivity contribution in [1.29, 1.82) is 0 Å². The van der Waals surface area contributed by atoms with Crippen molar-refractivity contribution in [3.8, 4) is 11.8 Å². The number of hydrogen-bond acceptors (Lipinski definition) is 3. The lowest BCUT2D eigenvalue weighted by molar-refractivity contribution is -0.116. The Hall–Kier alpha value is -2.47. The Morgan fingerprint density at radius 2 is 1.92 bits per heavy atom. The van der Waals surface area contributed by atoms with Crippen molar-refractivity contribution in [2.75, 3.05) is 6.54 Å². The Kier molecular flexibility index (Phi) is 4.24. The summed E-state index contributed by atoms with van der Waals surface area (Å²) in [5, 5.41) is 13.9. The molecule has 1 aliphatic heterocycles. The fourth-order valence-electron chi connectivity index (χ4n) is 3.93. The Morgan fingerprint density at radius 1 is 1.21 bits per heavy atom. The zero-order valence-electron chi connectivity index (χ0n) is 14.5. The van der Waals surface area contributed by atoms with E-state index in [9.17, 15) is 9.90 Å². The van der Waals surface area contributed by atoms with Crippen LogP contribution in [0.15, 0.2) is 30.2 Å². The maximum absolute atomic E-state index is 12.9. The van der Waals surface area contributed by atoms with Gasteiger partial charge in [0.1, 0.15) is 5.76 Å². The minimum Gasteiger partial charge on any atom is -0.512 e. The van der Waals surface area contributed by atoms with Crippen molar-refractivity contribution >= 4 is 11.4 Å². The topological polar surface area (TPSA) is 49.3 Å². The molecule has 0 saturated carbocycles. The highest BCUT2D eigenvalue weighted by Crippen LogP contribution is 2.45. The standard InChI is InChI=1S/C21H23NO2/c1-4-5-16-10-14(2)19(15(3)11-16)20-17(23)12-21(13-18(20)24)6-8-22-9-7-21/h6,8,10-11,22-23H,7,9,12-13H2,1-3H3. The minimum absolute atomic E-state index is 0.0332. The number of rotatable bonds is 1. The number of ketones is 1. The maximum atomic E-state index is 12.9. The summed E-state index contributed by atoms with van der Waals surface area (Å²) in [6.07, 6.45) is 5.81. The second kappa shape index (κ2) is 6.20. The largest absolute Gasteiger partial charge is 0.512 e. The molecule has 2 aliphatic rings. The number of aryl methyl sites for hydroxylation is 2. The molecule has 3 nitrogen and oxygen atoms in total. The van der Waals surface area contributed by atoms with Crippen molar-refractivity contribution < 1.29 is 9.90 Å². The summed E-state index contributed by atoms with van der Waals surface area (Å²) in [4.78, 5) is 12.9. The molecule has 0 saturated heterocycles. The predicted octanol–water partition coefficient (Wildman–Crippen LogP) is 3.80. The minimum atomic E-state index is -0.231. The van der Waals surface area contributed by atoms with Crippen molar-refractivity contribution in [2.24, 2.45) is 5.41 Å². The highest BCUT2D eigenvalue weighted by molar-refractivity contribution is 6.23. The molecule has 1 unspecified atom stereocenters. The first-order valence-corrected chi connectivity index (χ1v) is 8.36. The van der Waals surface area contributed by atoms with E-state index >= 15 is 0 Å². The van der Waals surface area contributed by atoms with Crippen molar-refractivity contribution in [2.45, 2.75) is 40.0 Å². The van der Waals surface area contributed by atoms with Gasteiger partial charge in [-0.1, -0.05) is 12.0 Å². The fourth-order valence-corrected chi connectivity index (χ4v) is 3.93. The molecule has 1 atom stereocenters. The number of aliphatic hydroxyl groups excluding tert-OH is 1. The molecule has 0 amide bonds. The Labute approximate surface area is 143 Å². The van der Waals surface area contributed by atoms with Gasteiger partial charge in [-0.05, 0) is 62.2 Å². The van der Waals surface area contributed by atoms with Gasteiger partial charge in [-0.3, -0.25) is 4.79 Å². The lowest BCUT2D eigenvalue weighted by Gasteiger charge is -2.37. The van der Waals surface area contributed by atoms with Gasteiger partial charge < -0.3 is 10.4 Å². The third kappa shape index (κ3) is 2.85. The molecule has 1 aromatic carbocycles. The van der Waals surface area contributed by atoms with Crippen LogP contribution in [0.1, 0.15) is 48.4 Å². The summed E-state index contributed by atoms with van der Waals surface area (Å²) in [6.45, 7) is 6.61. The molecule has 0 radical (unpaired) electrons. The average Bonchev–Trinajstić information content (AvgIpc) is 2.50. The summed E-state index contributed by atoms with van der Waals surface area (Å²) < 4.78 is 0. The highest BCUT2D eigenvalue weighted by Gasteiger charge is 2.40. The second-order valence-corrected chi connectivity index (χ2v) is 6.86. The Morgan fingerprint density at radius 3 is 2.46 bits per heavy atom. The third-order valence-electron chi connectivity index (χ3n) is 4.97. The van der Waals surface area contributed by atoms with Crippen LogP contribution < -0.4 is 5.32 Å². The van der Waals surface area contributed by atoms with Gasteiger partial charge in [0.15, 0.2) is 5.78 Å². The number of aliphatic hydroxyl groups is 1. The van der Waals surface area contributed by atoms with Gasteiger partial charge in [0.25, 0.3) is 0 Å². The van der Waals surface area contributed by atoms with E-state index in [4.69, 9.17) is 0 Å². The monoisotopic (exact) mass is 321 g/mol. The number of benzene rings is 1. The third-order valence-corrected chi connectivity index (χ3v) is 4.97. The second-order valence-electron chi connectivity index (χ2n) is 6.86. The smallest absolute Gasteiger partial charge is 0.167 e. The van der Waals surface area contributed by atoms with Crippen LogP contribution in [0.4, 0.5) is 0 Å². The van der Waals surface area contributed by atoms with Gasteiger partial charge in [0.2, 0.25) is 0 Å². The number of Topliss-reactive ketones (excluding diaryl/α,β-unsaturated/α-hetero) is 1. The average molecular weight is 321 g/mol. The number of nitrogens with one attached hydrogen (secondary N) is 1. The van der Waals surface area contributed by atoms with Gasteiger partial charge in [0, 0.05) is 30.4 Å². The molecule has 2 N–H and O–H groups in total. The van der Waals surface area contributed by atoms with Gasteiger partial charge >= 0.3 is 0 Å². The van der Waals surface area contributed by atoms with Crippen LogP contribution in [0.2, 0.25) is 0 Å². The zero-order chi connectivity index (χ0) is 17.3. The molecule has 24 heavy (non-hydrogen) atoms. The van der Waals surface area contributed by atoms with Crippen molar-refractivity contribution in [3.63, 3.8) is 0 Å². The van der Waals surface area contributed by atoms with E-state index in [-0.39, 0.29) is 17.0 Å². The quantitative estimate of drug-likeness (QED) is 0.774. The maximum Gasteiger partial charge on any atom is 0.167 e. The van der Waals surface area contributed by atoms with E-state index in [0.29, 0.717) is 18.4 Å². The first-order chi connectivity index (χ1) is 11.5. The van der Waals surface area contributed by atoms with E-state index in [1.807, 2.05) is 45.2 Å². The van der Waals surface area contributed by atoms with Gasteiger partial charge in [0.05, 0.1) is 5.57 Å². The van der Waals surface area contributed by atoms with E-state index in [1.165, 1.54) is 0 Å². The summed E-state index contributed by atoms with van der Waals surface area (Å²) >= 11 is 0. The summed E-state index contributed by atoms with van der Waals surface area (Å²) in [5.74, 6) is 6.21. The fraction of sp³-hybridized carbons (Fsp3) is 0.381. The first-order valence-electron chi connectivity index (χ1n) is 8.36. The van der Waals surface area contributed by atoms with E-state index < -0.39 is 0 Å². The van der Waals surface area contributed by atoms with Crippen LogP contribution in [0.5, 0.6) is 0 Å². The van der Waals surface area contributed by atoms with Gasteiger partial charge in [-0.15, -0.1) is 5.92 Å². The molecule has 0 fully saturated rings. The molecular formula is C21H23NO2. The van der Waals surface area contributed by atoms with Gasteiger partial charge in [-0.2, -0.15) is 0 Å². The van der Waals surface area contributed by atoms with Crippen LogP contribution in [0, 0.1) is 31.1 Å². The molecule has 124 valence electrons. The predicted molar refractivity (Wildman–Crippen MR) is 96.5 cm³/mol. The molecular weight excluding hydrogens is 298 g/mol. The molecule has 1 heterocycles. The lowest BCUT2D eigenvalue weighted by Crippen LogP contribution is -2.34. The Bertz CT molecular complexity index is 797. The van der Waals surface area contributed by atoms with E-state index in [2.05, 4.69) is 17.2 Å². The van der Waals surface area contributed by atoms with Gasteiger partial charge in [-0.25, -0.2) is 0 Å². The first kappa shape index (κ1) is 16.4. The molecule has 1 aromatic rings. The molecule has 3 rings (SSSR count). The SMILES string of the molecule is CC#Cc1cc(C)c(C2=C(O)CC3(C=CNCC3)CC2=O)c(C)c1. The molecule has 1 spiro atoms. The molecule has 1 aliphatic carbocycles. The number of allylic oxidation sites excluding steroid dienone is 3. The van der Waals surface area contributed by atoms with E-state index in [1.54, 1.807) is 0 Å². The summed E-state index contributed by atoms with van der Waals surface area (Å²) in [6, 6.07) is 3.97. The highest BCUT2D eigenvalue weighted by atomic mass is 16.3. The van der Waals surface area contributed by atoms with Crippen LogP contribution in [-0.2, 0) is 4.79 Å². The summed E-state index contributed by atoms with van der Waals surface area (Å²) in [5.41, 5.74) is 4.05. The molecule has 3 heteroatoms. The van der Waals surface area contributed by atoms with Crippen LogP contribution in [0.25, 0.3) is 5.57 Å². The number of carbonyl (C=O) groups is 1. The van der Waals surface area contributed by atoms with Crippen molar-refractivity contribution in [3.05, 3.63) is 52.4 Å². The summed E-state index contributed by atoms with van der Waals surface area (Å²) in [7, 11) is 0. The number of hydrogen-bond donors (Lipinski definition) is 2. The normalized spacial score (nSPS) is 23.0. The number of carbonyl (C=O) groups excluding carboxylic acids is 1. The lowest BCUT2D eigenvalue weighted by atomic mass is 9.69. The van der Waals surface area contributed by atoms with Crippen molar-refractivity contribution in [1.82, 2.24) is 5.32 Å². The Balaban J connectivity index is 2.07. The molecule has 0 bridgehead atoms. The van der Waals surface area contributed by atoms with Crippen LogP contribution in [0.3, 0.4) is 0 Å². The van der Waals surface area contributed by atoms with Crippen LogP contribution >= 0.6 is 0 Å².